The molecule has 2 aliphatic rings. The van der Waals surface area contributed by atoms with Crippen LogP contribution in [0.15, 0.2) is 24.3 Å². The maximum Gasteiger partial charge on any atom is 0.274 e. The number of hydrogen-bond acceptors (Lipinski definition) is 8. The highest BCUT2D eigenvalue weighted by Gasteiger charge is 2.74. The number of amides is 1. The quantitative estimate of drug-likeness (QED) is 0.328. The summed E-state index contributed by atoms with van der Waals surface area (Å²) in [5.41, 5.74) is -2.56. The lowest BCUT2D eigenvalue weighted by Crippen LogP contribution is -2.89. The maximum absolute atomic E-state index is 12.9. The van der Waals surface area contributed by atoms with Crippen LogP contribution in [0.25, 0.3) is 10.9 Å². The van der Waals surface area contributed by atoms with Crippen LogP contribution in [-0.2, 0) is 7.05 Å². The number of hydrogen-bond donors (Lipinski definition) is 6. The van der Waals surface area contributed by atoms with Crippen LogP contribution in [0.5, 0.6) is 0 Å². The highest BCUT2D eigenvalue weighted by atomic mass is 16.6. The number of aryl methyl sites for hydroxylation is 1. The van der Waals surface area contributed by atoms with Gasteiger partial charge in [-0.1, -0.05) is 18.2 Å². The van der Waals surface area contributed by atoms with E-state index in [0.717, 1.165) is 0 Å². The van der Waals surface area contributed by atoms with Gasteiger partial charge in [0.15, 0.2) is 5.69 Å². The van der Waals surface area contributed by atoms with Gasteiger partial charge in [0.25, 0.3) is 11.6 Å². The van der Waals surface area contributed by atoms with Gasteiger partial charge >= 0.3 is 0 Å². The second kappa shape index (κ2) is 5.96. The predicted molar refractivity (Wildman–Crippen MR) is 96.7 cm³/mol. The number of carbonyl (C=O) groups excluding carboxylic acids is 1. The summed E-state index contributed by atoms with van der Waals surface area (Å²) in [5, 5.41) is 60.6. The number of nitrogens with one attached hydrogen (secondary N) is 1. The third-order valence-corrected chi connectivity index (χ3v) is 6.20. The molecule has 2 aromatic rings. The summed E-state index contributed by atoms with van der Waals surface area (Å²) < 4.78 is 1.47. The number of carbonyl (C=O) groups is 1. The average molecular weight is 392 g/mol. The van der Waals surface area contributed by atoms with Crippen LogP contribution in [0.4, 0.5) is 0 Å². The molecule has 3 heterocycles. The zero-order valence-corrected chi connectivity index (χ0v) is 15.6. The molecular weight excluding hydrogens is 368 g/mol. The van der Waals surface area contributed by atoms with Crippen LogP contribution in [0.3, 0.4) is 0 Å². The van der Waals surface area contributed by atoms with Crippen molar-refractivity contribution in [2.45, 2.75) is 48.6 Å². The van der Waals surface area contributed by atoms with Crippen molar-refractivity contribution in [3.05, 3.63) is 30.0 Å². The molecule has 2 fully saturated rings. The number of nitrogens with zero attached hydrogens (tertiary/aromatic N) is 3. The highest BCUT2D eigenvalue weighted by molar-refractivity contribution is 6.05. The normalized spacial score (nSPS) is 31.7. The second-order valence-electron chi connectivity index (χ2n) is 7.73. The molecule has 2 atom stereocenters. The van der Waals surface area contributed by atoms with E-state index in [1.807, 2.05) is 0 Å². The molecule has 0 spiro atoms. The van der Waals surface area contributed by atoms with Crippen LogP contribution < -0.4 is 5.32 Å². The summed E-state index contributed by atoms with van der Waals surface area (Å²) >= 11 is 0. The van der Waals surface area contributed by atoms with Crippen LogP contribution in [0, 0.1) is 0 Å². The number of rotatable bonds is 2. The first kappa shape index (κ1) is 19.2. The van der Waals surface area contributed by atoms with E-state index in [1.54, 1.807) is 31.3 Å². The molecular formula is C18H24N4O6. The van der Waals surface area contributed by atoms with E-state index in [-0.39, 0.29) is 5.69 Å². The van der Waals surface area contributed by atoms with E-state index >= 15 is 0 Å². The number of fused-ring (bicyclic) bond motifs is 3. The fraction of sp³-hybridized carbons (Fsp3) is 0.556. The Morgan fingerprint density at radius 1 is 1.07 bits per heavy atom. The molecule has 1 aromatic heterocycles. The van der Waals surface area contributed by atoms with Gasteiger partial charge in [-0.3, -0.25) is 14.4 Å². The van der Waals surface area contributed by atoms with E-state index in [0.29, 0.717) is 30.2 Å². The predicted octanol–water partition coefficient (Wildman–Crippen LogP) is -1.78. The summed E-state index contributed by atoms with van der Waals surface area (Å²) in [5.74, 6) is -6.98. The molecule has 6 N–H and O–H groups in total. The van der Waals surface area contributed by atoms with E-state index in [1.165, 1.54) is 16.6 Å². The maximum atomic E-state index is 12.9. The van der Waals surface area contributed by atoms with Crippen LogP contribution in [-0.4, -0.2) is 82.6 Å². The first-order valence-electron chi connectivity index (χ1n) is 9.10. The van der Waals surface area contributed by atoms with Gasteiger partial charge in [-0.2, -0.15) is 5.10 Å². The third kappa shape index (κ3) is 2.30. The lowest BCUT2D eigenvalue weighted by atomic mass is 9.71. The Balaban J connectivity index is 1.77. The lowest BCUT2D eigenvalue weighted by Gasteiger charge is -2.62. The first-order valence-corrected chi connectivity index (χ1v) is 9.10. The summed E-state index contributed by atoms with van der Waals surface area (Å²) in [6.45, 7) is 0. The minimum Gasteiger partial charge on any atom is -0.362 e. The molecule has 28 heavy (non-hydrogen) atoms. The topological polar surface area (TPSA) is 151 Å². The minimum atomic E-state index is -3.13. The number of benzene rings is 1. The monoisotopic (exact) mass is 392 g/mol. The summed E-state index contributed by atoms with van der Waals surface area (Å²) in [6, 6.07) is 4.89. The Kier molecular flexibility index (Phi) is 4.10. The fourth-order valence-electron chi connectivity index (χ4n) is 4.64. The van der Waals surface area contributed by atoms with Crippen molar-refractivity contribution in [2.75, 3.05) is 7.05 Å². The standard InChI is InChI=1S/C18H24N4O6/c1-21-12-8-5-9-13(21)17(26,27)18(28,16(12,24)25)19-15(23)14-10-6-3-4-7-11(10)22(2)20-14/h3-4,6-7,12-13,24-28H,5,8-9H2,1-2H3,(H,19,23). The van der Waals surface area contributed by atoms with Gasteiger partial charge in [0, 0.05) is 12.4 Å². The van der Waals surface area contributed by atoms with Crippen molar-refractivity contribution in [2.24, 2.45) is 7.05 Å². The molecule has 4 rings (SSSR count). The van der Waals surface area contributed by atoms with Gasteiger partial charge in [0.1, 0.15) is 0 Å². The molecule has 0 aliphatic carbocycles. The van der Waals surface area contributed by atoms with Gasteiger partial charge in [-0.25, -0.2) is 0 Å². The van der Waals surface area contributed by atoms with Gasteiger partial charge in [0.05, 0.1) is 17.6 Å². The van der Waals surface area contributed by atoms with Crippen molar-refractivity contribution in [1.82, 2.24) is 20.0 Å². The number of aliphatic hydroxyl groups is 5. The van der Waals surface area contributed by atoms with Crippen molar-refractivity contribution in [1.29, 1.82) is 0 Å². The third-order valence-electron chi connectivity index (χ3n) is 6.20. The molecule has 0 saturated carbocycles. The van der Waals surface area contributed by atoms with Crippen molar-refractivity contribution < 1.29 is 30.3 Å². The molecule has 0 radical (unpaired) electrons. The average Bonchev–Trinajstić information content (AvgIpc) is 2.97. The molecule has 2 aliphatic heterocycles. The second-order valence-corrected chi connectivity index (χ2v) is 7.73. The minimum absolute atomic E-state index is 0.0813. The van der Waals surface area contributed by atoms with Gasteiger partial charge in [-0.15, -0.1) is 0 Å². The molecule has 1 amide bonds. The van der Waals surface area contributed by atoms with E-state index in [2.05, 4.69) is 10.4 Å². The van der Waals surface area contributed by atoms with Crippen molar-refractivity contribution >= 4 is 16.8 Å². The summed E-state index contributed by atoms with van der Waals surface area (Å²) in [4.78, 5) is 14.3. The molecule has 10 heteroatoms. The molecule has 2 bridgehead atoms. The first-order chi connectivity index (χ1) is 13.0. The number of piperidine rings is 2. The zero-order chi connectivity index (χ0) is 20.5. The largest absolute Gasteiger partial charge is 0.362 e. The van der Waals surface area contributed by atoms with Crippen LogP contribution in [0.2, 0.25) is 0 Å². The van der Waals surface area contributed by atoms with Gasteiger partial charge in [0.2, 0.25) is 11.6 Å². The number of aromatic nitrogens is 2. The highest BCUT2D eigenvalue weighted by Crippen LogP contribution is 2.47. The van der Waals surface area contributed by atoms with E-state index in [9.17, 15) is 30.3 Å². The van der Waals surface area contributed by atoms with Gasteiger partial charge in [-0.05, 0) is 32.4 Å². The fourth-order valence-corrected chi connectivity index (χ4v) is 4.64. The van der Waals surface area contributed by atoms with Crippen molar-refractivity contribution in [3.63, 3.8) is 0 Å². The van der Waals surface area contributed by atoms with Crippen molar-refractivity contribution in [3.8, 4) is 0 Å². The molecule has 152 valence electrons. The van der Waals surface area contributed by atoms with Crippen LogP contribution in [0.1, 0.15) is 29.8 Å². The van der Waals surface area contributed by atoms with Gasteiger partial charge < -0.3 is 30.8 Å². The van der Waals surface area contributed by atoms with Crippen LogP contribution >= 0.6 is 0 Å². The SMILES string of the molecule is CN1C2CCCC1C(O)(O)C(O)(NC(=O)c1nn(C)c3ccccc13)C2(O)O. The Morgan fingerprint density at radius 3 is 2.25 bits per heavy atom. The Hall–Kier alpha value is -2.08. The summed E-state index contributed by atoms with van der Waals surface area (Å²) in [6.07, 6.45) is 1.13. The number of likely N-dealkylation sites (N-methyl/N-ethyl adjacent to an activating group) is 1. The zero-order valence-electron chi connectivity index (χ0n) is 15.6. The lowest BCUT2D eigenvalue weighted by molar-refractivity contribution is -0.443. The Morgan fingerprint density at radius 2 is 1.64 bits per heavy atom. The van der Waals surface area contributed by atoms with E-state index < -0.39 is 35.3 Å². The Bertz CT molecular complexity index is 915. The summed E-state index contributed by atoms with van der Waals surface area (Å²) in [7, 11) is 3.16. The smallest absolute Gasteiger partial charge is 0.274 e. The molecule has 10 nitrogen and oxygen atoms in total. The van der Waals surface area contributed by atoms with E-state index in [4.69, 9.17) is 0 Å². The molecule has 1 aromatic carbocycles. The molecule has 2 unspecified atom stereocenters. The molecule has 2 saturated heterocycles. The Labute approximate surface area is 160 Å². The number of para-hydroxylation sites is 1.